The number of anilines is 2. The Kier molecular flexibility index (Phi) is 6.54. The maximum Gasteiger partial charge on any atom is 0.410 e. The second-order valence-corrected chi connectivity index (χ2v) is 12.1. The molecule has 2 saturated heterocycles. The van der Waals surface area contributed by atoms with Gasteiger partial charge in [-0.1, -0.05) is 11.3 Å². The van der Waals surface area contributed by atoms with Crippen LogP contribution >= 0.6 is 11.3 Å². The number of pyridine rings is 1. The summed E-state index contributed by atoms with van der Waals surface area (Å²) in [7, 11) is 0. The molecule has 6 heterocycles. The van der Waals surface area contributed by atoms with Gasteiger partial charge in [0.2, 0.25) is 5.13 Å². The summed E-state index contributed by atoms with van der Waals surface area (Å²) < 4.78 is 7.46. The standard InChI is InChI=1S/C28H31N9O2S/c1-5-30-22-11-23(24-9-8-18-10-17(12-29)13-32-37(18)24)31-14-21(22)25-33-34-26(40-25)35-15-19-6-7-20(16-35)36(19)27(38)39-28(2,3)4/h8-11,13-14,19-20H,5-7,15-16H2,1-4H3,(H,30,31). The van der Waals surface area contributed by atoms with Gasteiger partial charge in [-0.15, -0.1) is 10.2 Å². The smallest absolute Gasteiger partial charge is 0.410 e. The summed E-state index contributed by atoms with van der Waals surface area (Å²) in [6, 6.07) is 10.0. The molecule has 1 amide bonds. The fourth-order valence-corrected chi connectivity index (χ4v) is 6.37. The molecular weight excluding hydrogens is 526 g/mol. The number of fused-ring (bicyclic) bond motifs is 3. The number of nitrogens with one attached hydrogen (secondary N) is 1. The molecule has 2 atom stereocenters. The number of piperazine rings is 1. The van der Waals surface area contributed by atoms with Crippen LogP contribution in [0.4, 0.5) is 15.6 Å². The van der Waals surface area contributed by atoms with Crippen LogP contribution in [0.5, 0.6) is 0 Å². The largest absolute Gasteiger partial charge is 0.444 e. The number of hydrogen-bond acceptors (Lipinski definition) is 10. The number of ether oxygens (including phenoxy) is 1. The maximum absolute atomic E-state index is 12.8. The van der Waals surface area contributed by atoms with Gasteiger partial charge in [-0.3, -0.25) is 9.88 Å². The van der Waals surface area contributed by atoms with Gasteiger partial charge in [0.25, 0.3) is 0 Å². The average molecular weight is 558 g/mol. The zero-order valence-corrected chi connectivity index (χ0v) is 23.8. The van der Waals surface area contributed by atoms with E-state index < -0.39 is 5.60 Å². The lowest BCUT2D eigenvalue weighted by molar-refractivity contribution is 0.0123. The second-order valence-electron chi connectivity index (χ2n) is 11.1. The van der Waals surface area contributed by atoms with Gasteiger partial charge >= 0.3 is 6.09 Å². The van der Waals surface area contributed by atoms with E-state index in [9.17, 15) is 10.1 Å². The monoisotopic (exact) mass is 557 g/mol. The zero-order valence-electron chi connectivity index (χ0n) is 23.0. The van der Waals surface area contributed by atoms with Crippen LogP contribution in [-0.4, -0.2) is 73.1 Å². The van der Waals surface area contributed by atoms with E-state index in [1.54, 1.807) is 16.8 Å². The van der Waals surface area contributed by atoms with Crippen molar-refractivity contribution in [2.75, 3.05) is 29.9 Å². The highest BCUT2D eigenvalue weighted by Crippen LogP contribution is 2.38. The third kappa shape index (κ3) is 4.81. The summed E-state index contributed by atoms with van der Waals surface area (Å²) in [6.07, 6.45) is 5.07. The third-order valence-electron chi connectivity index (χ3n) is 7.16. The average Bonchev–Trinajstić information content (AvgIpc) is 3.64. The van der Waals surface area contributed by atoms with E-state index in [0.717, 1.165) is 57.7 Å². The zero-order chi connectivity index (χ0) is 28.0. The molecule has 0 radical (unpaired) electrons. The molecule has 0 spiro atoms. The topological polar surface area (TPSA) is 125 Å². The van der Waals surface area contributed by atoms with Crippen LogP contribution in [0, 0.1) is 11.3 Å². The normalized spacial score (nSPS) is 18.7. The van der Waals surface area contributed by atoms with Crippen molar-refractivity contribution < 1.29 is 9.53 Å². The number of rotatable bonds is 5. The predicted molar refractivity (Wildman–Crippen MR) is 153 cm³/mol. The van der Waals surface area contributed by atoms with E-state index in [1.165, 1.54) is 11.3 Å². The van der Waals surface area contributed by atoms with Crippen LogP contribution in [-0.2, 0) is 4.74 Å². The van der Waals surface area contributed by atoms with Crippen molar-refractivity contribution in [1.82, 2.24) is 29.7 Å². The van der Waals surface area contributed by atoms with Crippen LogP contribution in [0.2, 0.25) is 0 Å². The Labute approximate surface area is 236 Å². The van der Waals surface area contributed by atoms with Crippen LogP contribution < -0.4 is 10.2 Å². The molecule has 2 unspecified atom stereocenters. The Bertz CT molecular complexity index is 1600. The molecule has 11 nitrogen and oxygen atoms in total. The van der Waals surface area contributed by atoms with Crippen molar-refractivity contribution >= 4 is 33.8 Å². The lowest BCUT2D eigenvalue weighted by Gasteiger charge is -2.41. The summed E-state index contributed by atoms with van der Waals surface area (Å²) in [5, 5.41) is 27.8. The molecule has 12 heteroatoms. The van der Waals surface area contributed by atoms with Gasteiger partial charge in [0, 0.05) is 31.5 Å². The highest BCUT2D eigenvalue weighted by molar-refractivity contribution is 7.18. The van der Waals surface area contributed by atoms with Crippen molar-refractivity contribution in [1.29, 1.82) is 5.26 Å². The molecule has 206 valence electrons. The summed E-state index contributed by atoms with van der Waals surface area (Å²) in [5.41, 5.74) is 4.22. The first-order valence-corrected chi connectivity index (χ1v) is 14.3. The Balaban J connectivity index is 1.24. The molecule has 40 heavy (non-hydrogen) atoms. The predicted octanol–water partition coefficient (Wildman–Crippen LogP) is 4.81. The number of hydrogen-bond donors (Lipinski definition) is 1. The molecule has 2 aliphatic heterocycles. The number of nitriles is 1. The van der Waals surface area contributed by atoms with Gasteiger partial charge in [0.1, 0.15) is 11.7 Å². The van der Waals surface area contributed by atoms with Gasteiger partial charge in [-0.2, -0.15) is 10.4 Å². The number of amides is 1. The quantitative estimate of drug-likeness (QED) is 0.368. The van der Waals surface area contributed by atoms with Crippen LogP contribution in [0.15, 0.2) is 36.7 Å². The number of carbonyl (C=O) groups excluding carboxylic acids is 1. The summed E-state index contributed by atoms with van der Waals surface area (Å²) in [5.74, 6) is 0. The van der Waals surface area contributed by atoms with Gasteiger partial charge in [-0.25, -0.2) is 9.31 Å². The van der Waals surface area contributed by atoms with E-state index in [-0.39, 0.29) is 18.2 Å². The van der Waals surface area contributed by atoms with E-state index in [4.69, 9.17) is 9.72 Å². The van der Waals surface area contributed by atoms with Crippen molar-refractivity contribution in [2.24, 2.45) is 0 Å². The molecule has 0 saturated carbocycles. The molecule has 2 fully saturated rings. The van der Waals surface area contributed by atoms with Crippen molar-refractivity contribution in [2.45, 2.75) is 58.2 Å². The second kappa shape index (κ2) is 10.1. The van der Waals surface area contributed by atoms with Gasteiger partial charge < -0.3 is 15.0 Å². The summed E-state index contributed by atoms with van der Waals surface area (Å²) >= 11 is 1.53. The Morgan fingerprint density at radius 2 is 1.95 bits per heavy atom. The molecule has 4 aromatic heterocycles. The highest BCUT2D eigenvalue weighted by Gasteiger charge is 2.45. The Morgan fingerprint density at radius 3 is 2.65 bits per heavy atom. The van der Waals surface area contributed by atoms with E-state index in [1.807, 2.05) is 57.0 Å². The van der Waals surface area contributed by atoms with E-state index in [0.29, 0.717) is 18.7 Å². The van der Waals surface area contributed by atoms with Crippen molar-refractivity contribution in [3.63, 3.8) is 0 Å². The van der Waals surface area contributed by atoms with Crippen LogP contribution in [0.25, 0.3) is 27.5 Å². The summed E-state index contributed by atoms with van der Waals surface area (Å²) in [6.45, 7) is 9.91. The Hall–Kier alpha value is -4.24. The first-order chi connectivity index (χ1) is 19.2. The minimum absolute atomic E-state index is 0.105. The van der Waals surface area contributed by atoms with Crippen molar-refractivity contribution in [3.05, 3.63) is 42.2 Å². The molecule has 0 aromatic carbocycles. The van der Waals surface area contributed by atoms with Gasteiger partial charge in [-0.05, 0) is 64.8 Å². The van der Waals surface area contributed by atoms with Gasteiger partial charge in [0.15, 0.2) is 5.01 Å². The van der Waals surface area contributed by atoms with Crippen LogP contribution in [0.3, 0.4) is 0 Å². The SMILES string of the molecule is CCNc1cc(-c2ccc3cc(C#N)cnn23)ncc1-c1nnc(N2CC3CCC(C2)N3C(=O)OC(C)(C)C)s1. The lowest BCUT2D eigenvalue weighted by atomic mass is 10.2. The number of nitrogens with zero attached hydrogens (tertiary/aromatic N) is 8. The minimum atomic E-state index is -0.512. The Morgan fingerprint density at radius 1 is 1.18 bits per heavy atom. The fraction of sp³-hybridized carbons (Fsp3) is 0.429. The fourth-order valence-electron chi connectivity index (χ4n) is 5.48. The number of aromatic nitrogens is 5. The van der Waals surface area contributed by atoms with Crippen molar-refractivity contribution in [3.8, 4) is 28.0 Å². The first-order valence-electron chi connectivity index (χ1n) is 13.5. The van der Waals surface area contributed by atoms with Gasteiger partial charge in [0.05, 0.1) is 46.3 Å². The number of carbonyl (C=O) groups is 1. The molecule has 2 aliphatic rings. The van der Waals surface area contributed by atoms with E-state index in [2.05, 4.69) is 31.6 Å². The highest BCUT2D eigenvalue weighted by atomic mass is 32.1. The molecule has 1 N–H and O–H groups in total. The molecule has 4 aromatic rings. The molecule has 6 rings (SSSR count). The molecule has 2 bridgehead atoms. The first kappa shape index (κ1) is 26.0. The lowest BCUT2D eigenvalue weighted by Crippen LogP contribution is -2.56. The third-order valence-corrected chi connectivity index (χ3v) is 8.18. The van der Waals surface area contributed by atoms with E-state index >= 15 is 0 Å². The minimum Gasteiger partial charge on any atom is -0.444 e. The molecule has 0 aliphatic carbocycles. The maximum atomic E-state index is 12.8. The summed E-state index contributed by atoms with van der Waals surface area (Å²) in [4.78, 5) is 21.8. The molecular formula is C28H31N9O2S. The van der Waals surface area contributed by atoms with Crippen LogP contribution in [0.1, 0.15) is 46.1 Å².